The van der Waals surface area contributed by atoms with Crippen LogP contribution in [0.2, 0.25) is 0 Å². The highest BCUT2D eigenvalue weighted by Gasteiger charge is 2.31. The average Bonchev–Trinajstić information content (AvgIpc) is 3.66. The van der Waals surface area contributed by atoms with Gasteiger partial charge < -0.3 is 14.5 Å². The third kappa shape index (κ3) is 5.72. The Labute approximate surface area is 280 Å². The predicted octanol–water partition coefficient (Wildman–Crippen LogP) is 7.86. The molecule has 1 aliphatic carbocycles. The molecule has 5 aromatic rings. The number of aromatic nitrogens is 1. The first-order valence-corrected chi connectivity index (χ1v) is 17.1. The summed E-state index contributed by atoms with van der Waals surface area (Å²) in [6.07, 6.45) is 1.93. The lowest BCUT2D eigenvalue weighted by atomic mass is 9.98. The second-order valence-electron chi connectivity index (χ2n) is 11.4. The molecule has 0 spiro atoms. The molecule has 8 rings (SSSR count). The molecule has 4 aromatic carbocycles. The number of nitrogens with one attached hydrogen (secondary N) is 2. The van der Waals surface area contributed by atoms with Gasteiger partial charge in [-0.15, -0.1) is 0 Å². The number of carbonyl (C=O) groups excluding carboxylic acids is 2. The highest BCUT2D eigenvalue weighted by atomic mass is 32.2. The van der Waals surface area contributed by atoms with E-state index in [0.29, 0.717) is 31.2 Å². The SMILES string of the molecule is O=C(NN=CCN1c2ccccc2Sc2ccccc21)Nc1nc2c(s1)CN(C(=O)OCC1c3ccccc3-c3ccccc31)CC2. The molecular weight excluding hydrogens is 629 g/mol. The van der Waals surface area contributed by atoms with Gasteiger partial charge >= 0.3 is 12.1 Å². The maximum absolute atomic E-state index is 13.2. The van der Waals surface area contributed by atoms with Crippen molar-refractivity contribution in [2.75, 3.05) is 29.9 Å². The monoisotopic (exact) mass is 658 g/mol. The van der Waals surface area contributed by atoms with Crippen molar-refractivity contribution >= 4 is 57.9 Å². The Morgan fingerprint density at radius 1 is 0.894 bits per heavy atom. The van der Waals surface area contributed by atoms with E-state index >= 15 is 0 Å². The molecular formula is C36H30N6O3S2. The van der Waals surface area contributed by atoms with E-state index in [1.165, 1.54) is 43.4 Å². The van der Waals surface area contributed by atoms with Crippen LogP contribution in [0.3, 0.4) is 0 Å². The average molecular weight is 659 g/mol. The van der Waals surface area contributed by atoms with E-state index in [1.54, 1.807) is 22.9 Å². The Morgan fingerprint density at radius 3 is 2.23 bits per heavy atom. The molecule has 3 heterocycles. The molecule has 0 unspecified atom stereocenters. The van der Waals surface area contributed by atoms with Crippen molar-refractivity contribution in [1.82, 2.24) is 15.3 Å². The molecule has 0 atom stereocenters. The standard InChI is InChI=1S/C36H30N6O3S2/c43-34(40-37-18-20-42-29-13-5-7-15-31(29)46-32-16-8-6-14-30(32)42)39-35-38-28-17-19-41(21-33(28)47-35)36(44)45-22-27-25-11-3-1-9-23(25)24-10-2-4-12-26(24)27/h1-16,18,27H,17,19-22H2,(H2,38,39,40,43). The van der Waals surface area contributed by atoms with E-state index in [4.69, 9.17) is 4.74 Å². The number of amides is 3. The molecule has 2 aliphatic heterocycles. The van der Waals surface area contributed by atoms with Gasteiger partial charge in [-0.05, 0) is 46.5 Å². The van der Waals surface area contributed by atoms with Gasteiger partial charge in [0.2, 0.25) is 0 Å². The number of thiazole rings is 1. The minimum absolute atomic E-state index is 0.0116. The Bertz CT molecular complexity index is 1940. The number of ether oxygens (including phenoxy) is 1. The van der Waals surface area contributed by atoms with Gasteiger partial charge in [0.15, 0.2) is 5.13 Å². The maximum Gasteiger partial charge on any atom is 0.410 e. The van der Waals surface area contributed by atoms with E-state index in [9.17, 15) is 9.59 Å². The van der Waals surface area contributed by atoms with Crippen LogP contribution in [0.4, 0.5) is 26.1 Å². The highest BCUT2D eigenvalue weighted by Crippen LogP contribution is 2.47. The summed E-state index contributed by atoms with van der Waals surface area (Å²) in [6.45, 7) is 1.67. The first-order chi connectivity index (χ1) is 23.1. The molecule has 1 aromatic heterocycles. The fourth-order valence-electron chi connectivity index (χ4n) is 6.42. The molecule has 11 heteroatoms. The minimum atomic E-state index is -0.476. The van der Waals surface area contributed by atoms with E-state index in [2.05, 4.69) is 74.3 Å². The van der Waals surface area contributed by atoms with Crippen LogP contribution in [-0.2, 0) is 17.7 Å². The minimum Gasteiger partial charge on any atom is -0.448 e. The lowest BCUT2D eigenvalue weighted by Gasteiger charge is -2.31. The van der Waals surface area contributed by atoms with Crippen molar-refractivity contribution in [3.8, 4) is 11.1 Å². The Hall–Kier alpha value is -5.13. The fourth-order valence-corrected chi connectivity index (χ4v) is 8.53. The van der Waals surface area contributed by atoms with Gasteiger partial charge in [0.25, 0.3) is 0 Å². The number of fused-ring (bicyclic) bond motifs is 6. The number of rotatable bonds is 6. The quantitative estimate of drug-likeness (QED) is 0.142. The molecule has 0 fully saturated rings. The number of hydrogen-bond donors (Lipinski definition) is 2. The number of nitrogens with zero attached hydrogens (tertiary/aromatic N) is 4. The zero-order valence-corrected chi connectivity index (χ0v) is 26.9. The normalized spacial score (nSPS) is 14.6. The van der Waals surface area contributed by atoms with Crippen LogP contribution < -0.4 is 15.6 Å². The summed E-state index contributed by atoms with van der Waals surface area (Å²) >= 11 is 3.11. The first kappa shape index (κ1) is 29.3. The van der Waals surface area contributed by atoms with E-state index < -0.39 is 6.03 Å². The lowest BCUT2D eigenvalue weighted by molar-refractivity contribution is 0.0956. The summed E-state index contributed by atoms with van der Waals surface area (Å²) in [7, 11) is 0. The van der Waals surface area contributed by atoms with Crippen LogP contribution in [0, 0.1) is 0 Å². The zero-order chi connectivity index (χ0) is 31.7. The fraction of sp³-hybridized carbons (Fsp3) is 0.167. The van der Waals surface area contributed by atoms with Crippen LogP contribution in [0.5, 0.6) is 0 Å². The highest BCUT2D eigenvalue weighted by molar-refractivity contribution is 7.99. The summed E-state index contributed by atoms with van der Waals surface area (Å²) in [4.78, 5) is 37.6. The number of benzene rings is 4. The summed E-state index contributed by atoms with van der Waals surface area (Å²) in [5.74, 6) is 0.0116. The summed E-state index contributed by atoms with van der Waals surface area (Å²) in [5.41, 5.74) is 10.4. The van der Waals surface area contributed by atoms with Crippen molar-refractivity contribution in [3.63, 3.8) is 0 Å². The van der Waals surface area contributed by atoms with Gasteiger partial charge in [-0.1, -0.05) is 95.9 Å². The molecule has 2 N–H and O–H groups in total. The summed E-state index contributed by atoms with van der Waals surface area (Å²) in [6, 6.07) is 32.6. The van der Waals surface area contributed by atoms with E-state index in [0.717, 1.165) is 21.9 Å². The number of hydrazone groups is 1. The molecule has 3 amide bonds. The first-order valence-electron chi connectivity index (χ1n) is 15.4. The topological polar surface area (TPSA) is 99.2 Å². The number of carbonyl (C=O) groups is 2. The smallest absolute Gasteiger partial charge is 0.410 e. The van der Waals surface area contributed by atoms with Gasteiger partial charge in [0, 0.05) is 39.8 Å². The van der Waals surface area contributed by atoms with E-state index in [1.807, 2.05) is 48.5 Å². The van der Waals surface area contributed by atoms with Crippen LogP contribution >= 0.6 is 23.1 Å². The van der Waals surface area contributed by atoms with E-state index in [-0.39, 0.29) is 18.6 Å². The van der Waals surface area contributed by atoms with Crippen molar-refractivity contribution < 1.29 is 14.3 Å². The van der Waals surface area contributed by atoms with Crippen molar-refractivity contribution in [1.29, 1.82) is 0 Å². The summed E-state index contributed by atoms with van der Waals surface area (Å²) < 4.78 is 5.87. The van der Waals surface area contributed by atoms with Crippen LogP contribution in [0.15, 0.2) is 112 Å². The number of para-hydroxylation sites is 2. The Morgan fingerprint density at radius 2 is 1.53 bits per heavy atom. The number of anilines is 3. The molecule has 9 nitrogen and oxygen atoms in total. The van der Waals surface area contributed by atoms with Crippen molar-refractivity contribution in [2.24, 2.45) is 5.10 Å². The van der Waals surface area contributed by atoms with Crippen LogP contribution in [0.25, 0.3) is 11.1 Å². The van der Waals surface area contributed by atoms with Crippen LogP contribution in [0.1, 0.15) is 27.6 Å². The predicted molar refractivity (Wildman–Crippen MR) is 186 cm³/mol. The van der Waals surface area contributed by atoms with Gasteiger partial charge in [0.1, 0.15) is 6.61 Å². The molecule has 0 bridgehead atoms. The van der Waals surface area contributed by atoms with Crippen molar-refractivity contribution in [3.05, 3.63) is 119 Å². The maximum atomic E-state index is 13.2. The Balaban J connectivity index is 0.854. The van der Waals surface area contributed by atoms with Gasteiger partial charge in [0.05, 0.1) is 30.2 Å². The molecule has 0 radical (unpaired) electrons. The third-order valence-electron chi connectivity index (χ3n) is 8.60. The Kier molecular flexibility index (Phi) is 7.84. The largest absolute Gasteiger partial charge is 0.448 e. The lowest BCUT2D eigenvalue weighted by Crippen LogP contribution is -2.36. The van der Waals surface area contributed by atoms with Gasteiger partial charge in [-0.2, -0.15) is 5.10 Å². The van der Waals surface area contributed by atoms with Crippen molar-refractivity contribution in [2.45, 2.75) is 28.7 Å². The zero-order valence-electron chi connectivity index (χ0n) is 25.3. The molecule has 234 valence electrons. The van der Waals surface area contributed by atoms with Gasteiger partial charge in [-0.3, -0.25) is 5.32 Å². The third-order valence-corrected chi connectivity index (χ3v) is 10.7. The number of hydrogen-bond acceptors (Lipinski definition) is 8. The summed E-state index contributed by atoms with van der Waals surface area (Å²) in [5, 5.41) is 7.43. The second-order valence-corrected chi connectivity index (χ2v) is 13.6. The second kappa shape index (κ2) is 12.6. The number of urea groups is 1. The van der Waals surface area contributed by atoms with Gasteiger partial charge in [-0.25, -0.2) is 20.0 Å². The molecule has 3 aliphatic rings. The molecule has 0 saturated carbocycles. The van der Waals surface area contributed by atoms with Crippen LogP contribution in [-0.4, -0.2) is 47.9 Å². The molecule has 0 saturated heterocycles. The molecule has 47 heavy (non-hydrogen) atoms.